The number of benzene rings is 1. The van der Waals surface area contributed by atoms with Crippen LogP contribution in [0, 0.1) is 11.7 Å². The zero-order valence-corrected chi connectivity index (χ0v) is 14.0. The number of aromatic nitrogens is 1. The summed E-state index contributed by atoms with van der Waals surface area (Å²) < 4.78 is 19.2. The normalized spacial score (nSPS) is 15.5. The minimum absolute atomic E-state index is 0.0120. The zero-order chi connectivity index (χ0) is 17.6. The van der Waals surface area contributed by atoms with Crippen molar-refractivity contribution in [2.75, 3.05) is 19.7 Å². The maximum Gasteiger partial charge on any atom is 0.224 e. The molecule has 1 saturated heterocycles. The lowest BCUT2D eigenvalue weighted by Crippen LogP contribution is -2.53. The highest BCUT2D eigenvalue weighted by Crippen LogP contribution is 2.19. The molecule has 0 saturated carbocycles. The van der Waals surface area contributed by atoms with Crippen LogP contribution in [0.4, 0.5) is 4.39 Å². The molecule has 132 valence electrons. The van der Waals surface area contributed by atoms with E-state index in [0.717, 1.165) is 0 Å². The first-order chi connectivity index (χ1) is 12.1. The van der Waals surface area contributed by atoms with E-state index in [-0.39, 0.29) is 24.2 Å². The molecular formula is C19H22FN3O2. The van der Waals surface area contributed by atoms with E-state index < -0.39 is 0 Å². The summed E-state index contributed by atoms with van der Waals surface area (Å²) in [4.78, 5) is 18.1. The summed E-state index contributed by atoms with van der Waals surface area (Å²) in [6.45, 7) is 1.87. The summed E-state index contributed by atoms with van der Waals surface area (Å²) in [6.07, 6.45) is 2.27. The summed E-state index contributed by atoms with van der Waals surface area (Å²) in [6, 6.07) is 11.7. The second kappa shape index (κ2) is 8.07. The Bertz CT molecular complexity index is 705. The Morgan fingerprint density at radius 1 is 1.28 bits per heavy atom. The van der Waals surface area contributed by atoms with Crippen molar-refractivity contribution in [2.45, 2.75) is 18.9 Å². The van der Waals surface area contributed by atoms with E-state index in [1.54, 1.807) is 29.3 Å². The average Bonchev–Trinajstić information content (AvgIpc) is 2.56. The van der Waals surface area contributed by atoms with E-state index in [1.807, 2.05) is 18.2 Å². The summed E-state index contributed by atoms with van der Waals surface area (Å²) in [5, 5.41) is 0. The van der Waals surface area contributed by atoms with Gasteiger partial charge in [0, 0.05) is 43.7 Å². The molecule has 1 unspecified atom stereocenters. The molecule has 6 heteroatoms. The quantitative estimate of drug-likeness (QED) is 0.835. The summed E-state index contributed by atoms with van der Waals surface area (Å²) in [5.41, 5.74) is 6.56. The van der Waals surface area contributed by atoms with Crippen molar-refractivity contribution >= 4 is 5.91 Å². The number of nitrogens with two attached hydrogens (primary N) is 1. The van der Waals surface area contributed by atoms with Gasteiger partial charge in [-0.15, -0.1) is 0 Å². The van der Waals surface area contributed by atoms with Gasteiger partial charge in [-0.25, -0.2) is 9.37 Å². The molecule has 1 fully saturated rings. The number of halogens is 1. The lowest BCUT2D eigenvalue weighted by molar-refractivity contribution is -0.138. The Morgan fingerprint density at radius 2 is 2.04 bits per heavy atom. The highest BCUT2D eigenvalue weighted by molar-refractivity contribution is 5.77. The van der Waals surface area contributed by atoms with Crippen LogP contribution in [0.1, 0.15) is 12.0 Å². The van der Waals surface area contributed by atoms with Crippen LogP contribution >= 0.6 is 0 Å². The Hall–Kier alpha value is -2.47. The van der Waals surface area contributed by atoms with Gasteiger partial charge in [0.25, 0.3) is 0 Å². The van der Waals surface area contributed by atoms with Crippen LogP contribution in [0.2, 0.25) is 0 Å². The van der Waals surface area contributed by atoms with Crippen LogP contribution in [0.3, 0.4) is 0 Å². The number of rotatable bonds is 7. The highest BCUT2D eigenvalue weighted by atomic mass is 19.1. The summed E-state index contributed by atoms with van der Waals surface area (Å²) >= 11 is 0. The Labute approximate surface area is 146 Å². The zero-order valence-electron chi connectivity index (χ0n) is 14.0. The number of hydrogen-bond acceptors (Lipinski definition) is 4. The lowest BCUT2D eigenvalue weighted by Gasteiger charge is -2.39. The maximum atomic E-state index is 13.6. The van der Waals surface area contributed by atoms with Crippen LogP contribution < -0.4 is 10.5 Å². The van der Waals surface area contributed by atoms with Crippen LogP contribution in [-0.2, 0) is 11.2 Å². The number of amides is 1. The largest absolute Gasteiger partial charge is 0.477 e. The van der Waals surface area contributed by atoms with E-state index in [2.05, 4.69) is 4.98 Å². The molecule has 1 amide bonds. The molecule has 2 N–H and O–H groups in total. The van der Waals surface area contributed by atoms with E-state index >= 15 is 0 Å². The number of pyridine rings is 1. The lowest BCUT2D eigenvalue weighted by atomic mass is 9.98. The van der Waals surface area contributed by atoms with Gasteiger partial charge >= 0.3 is 0 Å². The fourth-order valence-corrected chi connectivity index (χ4v) is 2.89. The van der Waals surface area contributed by atoms with Crippen LogP contribution in [0.15, 0.2) is 48.7 Å². The third kappa shape index (κ3) is 4.76. The number of nitrogens with zero attached hydrogens (tertiary/aromatic N) is 2. The molecule has 0 aliphatic carbocycles. The molecule has 0 bridgehead atoms. The molecule has 1 aliphatic heterocycles. The summed E-state index contributed by atoms with van der Waals surface area (Å²) in [5.74, 6) is 0.645. The monoisotopic (exact) mass is 343 g/mol. The first-order valence-corrected chi connectivity index (χ1v) is 8.42. The van der Waals surface area contributed by atoms with Gasteiger partial charge in [0.15, 0.2) is 0 Å². The SMILES string of the molecule is NC(CC(=O)N1CC(COc2ccccn2)C1)Cc1ccccc1F. The second-order valence-electron chi connectivity index (χ2n) is 6.40. The molecule has 0 radical (unpaired) electrons. The first-order valence-electron chi connectivity index (χ1n) is 8.42. The molecule has 25 heavy (non-hydrogen) atoms. The van der Waals surface area contributed by atoms with Crippen molar-refractivity contribution in [3.05, 3.63) is 60.0 Å². The smallest absolute Gasteiger partial charge is 0.224 e. The molecule has 1 aromatic carbocycles. The topological polar surface area (TPSA) is 68.5 Å². The molecular weight excluding hydrogens is 321 g/mol. The first kappa shape index (κ1) is 17.4. The minimum Gasteiger partial charge on any atom is -0.477 e. The van der Waals surface area contributed by atoms with Gasteiger partial charge in [-0.2, -0.15) is 0 Å². The molecule has 1 aromatic heterocycles. The molecule has 2 aromatic rings. The third-order valence-corrected chi connectivity index (χ3v) is 4.29. The second-order valence-corrected chi connectivity index (χ2v) is 6.40. The molecule has 3 rings (SSSR count). The standard InChI is InChI=1S/C19H22FN3O2/c20-17-6-2-1-5-15(17)9-16(21)10-19(24)23-11-14(12-23)13-25-18-7-3-4-8-22-18/h1-8,14,16H,9-13,21H2. The van der Waals surface area contributed by atoms with Crippen molar-refractivity contribution in [1.82, 2.24) is 9.88 Å². The van der Waals surface area contributed by atoms with E-state index in [0.29, 0.717) is 43.5 Å². The van der Waals surface area contributed by atoms with Gasteiger partial charge in [-0.3, -0.25) is 4.79 Å². The highest BCUT2D eigenvalue weighted by Gasteiger charge is 2.31. The van der Waals surface area contributed by atoms with Crippen LogP contribution in [-0.4, -0.2) is 41.5 Å². The van der Waals surface area contributed by atoms with Crippen LogP contribution in [0.5, 0.6) is 5.88 Å². The maximum absolute atomic E-state index is 13.6. The van der Waals surface area contributed by atoms with E-state index in [9.17, 15) is 9.18 Å². The Kier molecular flexibility index (Phi) is 5.60. The number of carbonyl (C=O) groups is 1. The van der Waals surface area contributed by atoms with E-state index in [1.165, 1.54) is 6.07 Å². The molecule has 2 heterocycles. The molecule has 0 spiro atoms. The van der Waals surface area contributed by atoms with Crippen molar-refractivity contribution < 1.29 is 13.9 Å². The van der Waals surface area contributed by atoms with Crippen molar-refractivity contribution in [2.24, 2.45) is 11.7 Å². The summed E-state index contributed by atoms with van der Waals surface area (Å²) in [7, 11) is 0. The number of hydrogen-bond donors (Lipinski definition) is 1. The molecule has 1 atom stereocenters. The third-order valence-electron chi connectivity index (χ3n) is 4.29. The van der Waals surface area contributed by atoms with Gasteiger partial charge in [0.1, 0.15) is 5.82 Å². The van der Waals surface area contributed by atoms with Crippen molar-refractivity contribution in [1.29, 1.82) is 0 Å². The minimum atomic E-state index is -0.381. The fourth-order valence-electron chi connectivity index (χ4n) is 2.89. The van der Waals surface area contributed by atoms with Gasteiger partial charge in [-0.05, 0) is 24.1 Å². The molecule has 1 aliphatic rings. The Balaban J connectivity index is 1.38. The van der Waals surface area contributed by atoms with Gasteiger partial charge in [0.05, 0.1) is 6.61 Å². The van der Waals surface area contributed by atoms with Gasteiger partial charge in [-0.1, -0.05) is 24.3 Å². The Morgan fingerprint density at radius 3 is 2.76 bits per heavy atom. The molecule has 5 nitrogen and oxygen atoms in total. The number of ether oxygens (including phenoxy) is 1. The van der Waals surface area contributed by atoms with Crippen molar-refractivity contribution in [3.8, 4) is 5.88 Å². The van der Waals surface area contributed by atoms with E-state index in [4.69, 9.17) is 10.5 Å². The average molecular weight is 343 g/mol. The number of carbonyl (C=O) groups excluding carboxylic acids is 1. The van der Waals surface area contributed by atoms with Gasteiger partial charge < -0.3 is 15.4 Å². The number of likely N-dealkylation sites (tertiary alicyclic amines) is 1. The van der Waals surface area contributed by atoms with Crippen LogP contribution in [0.25, 0.3) is 0 Å². The van der Waals surface area contributed by atoms with Crippen molar-refractivity contribution in [3.63, 3.8) is 0 Å². The predicted octanol–water partition coefficient (Wildman–Crippen LogP) is 2.02. The predicted molar refractivity (Wildman–Crippen MR) is 92.5 cm³/mol. The fraction of sp³-hybridized carbons (Fsp3) is 0.368. The van der Waals surface area contributed by atoms with Gasteiger partial charge in [0.2, 0.25) is 11.8 Å².